The highest BCUT2D eigenvalue weighted by atomic mass is 16.2. The first-order chi connectivity index (χ1) is 8.57. The maximum atomic E-state index is 11.7. The Labute approximate surface area is 106 Å². The average Bonchev–Trinajstić information content (AvgIpc) is 2.61. The van der Waals surface area contributed by atoms with Crippen LogP contribution in [0.15, 0.2) is 41.5 Å². The van der Waals surface area contributed by atoms with Gasteiger partial charge in [0.15, 0.2) is 0 Å². The average molecular weight is 239 g/mol. The Bertz CT molecular complexity index is 581. The molecule has 1 aliphatic heterocycles. The fraction of sp³-hybridized carbons (Fsp3) is 0.214. The third-order valence-electron chi connectivity index (χ3n) is 3.11. The number of nitrogens with zero attached hydrogens (tertiary/aromatic N) is 2. The Morgan fingerprint density at radius 3 is 2.50 bits per heavy atom. The Hall–Kier alpha value is -2.41. The number of nitriles is 1. The molecule has 1 unspecified atom stereocenters. The van der Waals surface area contributed by atoms with Gasteiger partial charge in [-0.1, -0.05) is 30.3 Å². The maximum absolute atomic E-state index is 11.7. The summed E-state index contributed by atoms with van der Waals surface area (Å²) in [7, 11) is 0. The first-order valence-corrected chi connectivity index (χ1v) is 5.62. The van der Waals surface area contributed by atoms with Crippen molar-refractivity contribution in [1.82, 2.24) is 4.90 Å². The van der Waals surface area contributed by atoms with Crippen molar-refractivity contribution in [3.05, 3.63) is 47.0 Å². The lowest BCUT2D eigenvalue weighted by atomic mass is 9.99. The van der Waals surface area contributed by atoms with Crippen LogP contribution in [0.3, 0.4) is 0 Å². The van der Waals surface area contributed by atoms with Crippen molar-refractivity contribution in [3.8, 4) is 6.07 Å². The van der Waals surface area contributed by atoms with Crippen molar-refractivity contribution in [2.75, 3.05) is 0 Å². The summed E-state index contributed by atoms with van der Waals surface area (Å²) in [6, 6.07) is 11.1. The van der Waals surface area contributed by atoms with E-state index < -0.39 is 0 Å². The molecule has 1 aromatic carbocycles. The highest BCUT2D eigenvalue weighted by Crippen LogP contribution is 2.37. The molecule has 0 aromatic heterocycles. The molecule has 1 atom stereocenters. The number of nitrogens with one attached hydrogen (secondary N) is 1. The molecule has 1 aliphatic rings. The zero-order valence-electron chi connectivity index (χ0n) is 10.3. The third kappa shape index (κ3) is 1.70. The van der Waals surface area contributed by atoms with Gasteiger partial charge in [-0.2, -0.15) is 5.26 Å². The van der Waals surface area contributed by atoms with E-state index in [1.165, 1.54) is 11.8 Å². The minimum Gasteiger partial charge on any atom is -0.285 e. The van der Waals surface area contributed by atoms with Gasteiger partial charge in [0, 0.05) is 6.92 Å². The van der Waals surface area contributed by atoms with E-state index >= 15 is 0 Å². The second-order valence-electron chi connectivity index (χ2n) is 4.22. The van der Waals surface area contributed by atoms with E-state index in [-0.39, 0.29) is 17.8 Å². The Kier molecular flexibility index (Phi) is 2.99. The van der Waals surface area contributed by atoms with Gasteiger partial charge < -0.3 is 0 Å². The van der Waals surface area contributed by atoms with Crippen molar-refractivity contribution in [3.63, 3.8) is 0 Å². The highest BCUT2D eigenvalue weighted by Gasteiger charge is 2.37. The van der Waals surface area contributed by atoms with Crippen LogP contribution in [0.5, 0.6) is 0 Å². The monoisotopic (exact) mass is 239 g/mol. The Morgan fingerprint density at radius 1 is 1.39 bits per heavy atom. The van der Waals surface area contributed by atoms with Crippen molar-refractivity contribution < 1.29 is 4.79 Å². The number of benzene rings is 1. The number of amidine groups is 1. The molecule has 1 heterocycles. The highest BCUT2D eigenvalue weighted by molar-refractivity contribution is 6.11. The van der Waals surface area contributed by atoms with Gasteiger partial charge in [0.25, 0.3) is 0 Å². The molecule has 0 spiro atoms. The van der Waals surface area contributed by atoms with E-state index in [1.54, 1.807) is 6.92 Å². The van der Waals surface area contributed by atoms with E-state index in [4.69, 9.17) is 10.7 Å². The molecule has 0 aliphatic carbocycles. The standard InChI is InChI=1S/C14H13N3O/c1-9-12(8-15)14(16)17(10(2)18)13(9)11-6-4-3-5-7-11/h3-7,13,16H,1-2H3. The van der Waals surface area contributed by atoms with Crippen molar-refractivity contribution in [1.29, 1.82) is 10.7 Å². The zero-order valence-corrected chi connectivity index (χ0v) is 10.3. The number of rotatable bonds is 1. The molecule has 0 bridgehead atoms. The minimum atomic E-state index is -0.328. The van der Waals surface area contributed by atoms with Gasteiger partial charge in [-0.25, -0.2) is 0 Å². The first kappa shape index (κ1) is 12.1. The summed E-state index contributed by atoms with van der Waals surface area (Å²) in [6.45, 7) is 3.21. The lowest BCUT2D eigenvalue weighted by Crippen LogP contribution is -2.33. The van der Waals surface area contributed by atoms with E-state index in [1.807, 2.05) is 36.4 Å². The smallest absolute Gasteiger partial charge is 0.225 e. The van der Waals surface area contributed by atoms with Crippen LogP contribution in [0.4, 0.5) is 0 Å². The van der Waals surface area contributed by atoms with Crippen LogP contribution in [0.1, 0.15) is 25.5 Å². The lowest BCUT2D eigenvalue weighted by molar-refractivity contribution is -0.126. The van der Waals surface area contributed by atoms with E-state index in [2.05, 4.69) is 0 Å². The summed E-state index contributed by atoms with van der Waals surface area (Å²) in [5.41, 5.74) is 1.96. The third-order valence-corrected chi connectivity index (χ3v) is 3.11. The summed E-state index contributed by atoms with van der Waals surface area (Å²) in [6.07, 6.45) is 0. The molecule has 1 amide bonds. The predicted molar refractivity (Wildman–Crippen MR) is 67.7 cm³/mol. The van der Waals surface area contributed by atoms with E-state index in [0.717, 1.165) is 11.1 Å². The largest absolute Gasteiger partial charge is 0.285 e. The van der Waals surface area contributed by atoms with Gasteiger partial charge >= 0.3 is 0 Å². The lowest BCUT2D eigenvalue weighted by Gasteiger charge is -2.24. The predicted octanol–water partition coefficient (Wildman–Crippen LogP) is 2.41. The SMILES string of the molecule is CC(=O)N1C(=N)C(C#N)=C(C)C1c1ccccc1. The molecule has 0 radical (unpaired) electrons. The van der Waals surface area contributed by atoms with Crippen molar-refractivity contribution in [2.24, 2.45) is 0 Å². The fourth-order valence-corrected chi connectivity index (χ4v) is 2.28. The normalized spacial score (nSPS) is 19.1. The summed E-state index contributed by atoms with van der Waals surface area (Å²) in [4.78, 5) is 13.1. The molecule has 1 aromatic rings. The number of hydrogen-bond acceptors (Lipinski definition) is 3. The molecular formula is C14H13N3O. The fourth-order valence-electron chi connectivity index (χ4n) is 2.28. The second-order valence-corrected chi connectivity index (χ2v) is 4.22. The van der Waals surface area contributed by atoms with Gasteiger partial charge in [0.2, 0.25) is 5.91 Å². The number of carbonyl (C=O) groups excluding carboxylic acids is 1. The quantitative estimate of drug-likeness (QED) is 0.817. The van der Waals surface area contributed by atoms with Gasteiger partial charge in [-0.05, 0) is 18.1 Å². The Morgan fingerprint density at radius 2 is 2.00 bits per heavy atom. The second kappa shape index (κ2) is 4.46. The number of hydrogen-bond donors (Lipinski definition) is 1. The molecule has 4 heteroatoms. The van der Waals surface area contributed by atoms with Crippen LogP contribution >= 0.6 is 0 Å². The van der Waals surface area contributed by atoms with Crippen LogP contribution < -0.4 is 0 Å². The van der Waals surface area contributed by atoms with Crippen molar-refractivity contribution in [2.45, 2.75) is 19.9 Å². The van der Waals surface area contributed by atoms with Gasteiger partial charge in [0.05, 0.1) is 11.6 Å². The minimum absolute atomic E-state index is 0.00338. The molecule has 0 saturated carbocycles. The van der Waals surface area contributed by atoms with Gasteiger partial charge in [-0.15, -0.1) is 0 Å². The molecule has 0 fully saturated rings. The molecule has 0 saturated heterocycles. The van der Waals surface area contributed by atoms with Gasteiger partial charge in [-0.3, -0.25) is 15.1 Å². The molecule has 2 rings (SSSR count). The summed E-state index contributed by atoms with van der Waals surface area (Å²) < 4.78 is 0. The molecule has 1 N–H and O–H groups in total. The summed E-state index contributed by atoms with van der Waals surface area (Å²) >= 11 is 0. The van der Waals surface area contributed by atoms with Crippen LogP contribution in [-0.2, 0) is 4.79 Å². The van der Waals surface area contributed by atoms with Crippen molar-refractivity contribution >= 4 is 11.7 Å². The molecule has 4 nitrogen and oxygen atoms in total. The zero-order chi connectivity index (χ0) is 13.3. The van der Waals surface area contributed by atoms with Crippen LogP contribution in [0.25, 0.3) is 0 Å². The van der Waals surface area contributed by atoms with Crippen LogP contribution in [0.2, 0.25) is 0 Å². The topological polar surface area (TPSA) is 68.0 Å². The number of amides is 1. The molecule has 18 heavy (non-hydrogen) atoms. The van der Waals surface area contributed by atoms with Gasteiger partial charge in [0.1, 0.15) is 11.9 Å². The summed E-state index contributed by atoms with van der Waals surface area (Å²) in [5, 5.41) is 17.0. The maximum Gasteiger partial charge on any atom is 0.225 e. The Balaban J connectivity index is 2.56. The van der Waals surface area contributed by atoms with Crippen LogP contribution in [0, 0.1) is 16.7 Å². The summed E-state index contributed by atoms with van der Waals surface area (Å²) in [5.74, 6) is -0.227. The first-order valence-electron chi connectivity index (χ1n) is 5.62. The van der Waals surface area contributed by atoms with E-state index in [9.17, 15) is 4.79 Å². The van der Waals surface area contributed by atoms with E-state index in [0.29, 0.717) is 5.57 Å². The molecular weight excluding hydrogens is 226 g/mol. The molecule has 90 valence electrons. The number of carbonyl (C=O) groups is 1. The van der Waals surface area contributed by atoms with Crippen LogP contribution in [-0.4, -0.2) is 16.6 Å².